The molecule has 0 aliphatic heterocycles. The second-order valence-corrected chi connectivity index (χ2v) is 9.86. The molecule has 31 heavy (non-hydrogen) atoms. The van der Waals surface area contributed by atoms with Gasteiger partial charge in [-0.05, 0) is 54.3 Å². The number of nitrogens with one attached hydrogen (secondary N) is 1. The molecule has 0 fully saturated rings. The van der Waals surface area contributed by atoms with Gasteiger partial charge in [-0.2, -0.15) is 0 Å². The number of carbonyl (C=O) groups is 1. The first-order chi connectivity index (χ1) is 14.7. The largest absolute Gasteiger partial charge is 0.345 e. The molecule has 3 aromatic rings. The van der Waals surface area contributed by atoms with Gasteiger partial charge < -0.3 is 5.32 Å². The van der Waals surface area contributed by atoms with E-state index >= 15 is 0 Å². The van der Waals surface area contributed by atoms with Crippen LogP contribution in [0.5, 0.6) is 0 Å². The van der Waals surface area contributed by atoms with E-state index in [1.165, 1.54) is 23.5 Å². The van der Waals surface area contributed by atoms with Gasteiger partial charge in [0.1, 0.15) is 0 Å². The fraction of sp³-hybridized carbons (Fsp3) is 0.240. The number of hydrogen-bond acceptors (Lipinski definition) is 3. The highest BCUT2D eigenvalue weighted by atomic mass is 32.2. The summed E-state index contributed by atoms with van der Waals surface area (Å²) in [4.78, 5) is 13.1. The van der Waals surface area contributed by atoms with Crippen molar-refractivity contribution in [1.82, 2.24) is 5.32 Å². The van der Waals surface area contributed by atoms with Crippen LogP contribution in [0.25, 0.3) is 0 Å². The van der Waals surface area contributed by atoms with Crippen molar-refractivity contribution in [3.8, 4) is 0 Å². The maximum Gasteiger partial charge on any atom is 0.264 e. The summed E-state index contributed by atoms with van der Waals surface area (Å²) in [7, 11) is -2.29. The molecule has 0 spiro atoms. The van der Waals surface area contributed by atoms with E-state index in [-0.39, 0.29) is 22.8 Å². The van der Waals surface area contributed by atoms with Gasteiger partial charge in [-0.25, -0.2) is 8.42 Å². The number of sulfonamides is 1. The van der Waals surface area contributed by atoms with E-state index < -0.39 is 10.0 Å². The fourth-order valence-electron chi connectivity index (χ4n) is 3.50. The predicted octanol–water partition coefficient (Wildman–Crippen LogP) is 4.95. The van der Waals surface area contributed by atoms with E-state index in [0.717, 1.165) is 11.1 Å². The molecule has 5 nitrogen and oxygen atoms in total. The molecule has 6 heteroatoms. The maximum atomic E-state index is 13.1. The number of nitrogens with zero attached hydrogens (tertiary/aromatic N) is 1. The lowest BCUT2D eigenvalue weighted by Gasteiger charge is -2.25. The average molecular weight is 437 g/mol. The molecular weight excluding hydrogens is 408 g/mol. The molecule has 0 bridgehead atoms. The summed E-state index contributed by atoms with van der Waals surface area (Å²) in [5, 5.41) is 3.08. The second-order valence-electron chi connectivity index (χ2n) is 7.89. The Morgan fingerprint density at radius 1 is 0.903 bits per heavy atom. The Morgan fingerprint density at radius 2 is 1.55 bits per heavy atom. The van der Waals surface area contributed by atoms with E-state index in [1.54, 1.807) is 36.4 Å². The molecule has 0 unspecified atom stereocenters. The fourth-order valence-corrected chi connectivity index (χ4v) is 4.74. The number of benzene rings is 3. The topological polar surface area (TPSA) is 66.5 Å². The summed E-state index contributed by atoms with van der Waals surface area (Å²) in [6, 6.07) is 22.8. The normalized spacial score (nSPS) is 12.4. The number of para-hydroxylation sites is 1. The average Bonchev–Trinajstić information content (AvgIpc) is 2.78. The first kappa shape index (κ1) is 22.6. The Kier molecular flexibility index (Phi) is 6.81. The number of aryl methyl sites for hydroxylation is 1. The van der Waals surface area contributed by atoms with E-state index in [2.05, 4.69) is 5.32 Å². The Labute approximate surface area is 184 Å². The van der Waals surface area contributed by atoms with Gasteiger partial charge in [0.15, 0.2) is 0 Å². The second kappa shape index (κ2) is 9.35. The van der Waals surface area contributed by atoms with Crippen molar-refractivity contribution >= 4 is 21.6 Å². The van der Waals surface area contributed by atoms with Crippen LogP contribution in [0.4, 0.5) is 5.69 Å². The molecule has 0 aromatic heterocycles. The first-order valence-electron chi connectivity index (χ1n) is 10.2. The molecule has 1 N–H and O–H groups in total. The molecule has 0 saturated heterocycles. The van der Waals surface area contributed by atoms with Gasteiger partial charge in [0, 0.05) is 12.6 Å². The zero-order valence-corrected chi connectivity index (χ0v) is 19.1. The van der Waals surface area contributed by atoms with Gasteiger partial charge in [-0.3, -0.25) is 9.10 Å². The standard InChI is InChI=1S/C25H28N2O3S/c1-18(2)24(23-16-9-8-11-19(23)3)26-25(28)20-12-10-15-22(17-20)31(29,30)27(4)21-13-6-5-7-14-21/h5-18,24H,1-4H3,(H,26,28)/t24-/m0/s1. The van der Waals surface area contributed by atoms with Crippen LogP contribution in [0.1, 0.15) is 41.4 Å². The van der Waals surface area contributed by atoms with Crippen molar-refractivity contribution in [3.05, 3.63) is 95.6 Å². The predicted molar refractivity (Wildman–Crippen MR) is 125 cm³/mol. The van der Waals surface area contributed by atoms with Crippen LogP contribution in [-0.4, -0.2) is 21.4 Å². The lowest BCUT2D eigenvalue weighted by molar-refractivity contribution is 0.0925. The van der Waals surface area contributed by atoms with Crippen LogP contribution >= 0.6 is 0 Å². The van der Waals surface area contributed by atoms with Crippen LogP contribution in [-0.2, 0) is 10.0 Å². The third-order valence-corrected chi connectivity index (χ3v) is 7.13. The van der Waals surface area contributed by atoms with Gasteiger partial charge >= 0.3 is 0 Å². The highest BCUT2D eigenvalue weighted by Crippen LogP contribution is 2.26. The molecule has 0 aliphatic carbocycles. The number of rotatable bonds is 7. The lowest BCUT2D eigenvalue weighted by Crippen LogP contribution is -2.32. The monoisotopic (exact) mass is 436 g/mol. The zero-order valence-electron chi connectivity index (χ0n) is 18.2. The van der Waals surface area contributed by atoms with Crippen LogP contribution in [0.3, 0.4) is 0 Å². The number of amides is 1. The minimum atomic E-state index is -3.80. The van der Waals surface area contributed by atoms with E-state index in [1.807, 2.05) is 51.1 Å². The summed E-state index contributed by atoms with van der Waals surface area (Å²) >= 11 is 0. The smallest absolute Gasteiger partial charge is 0.264 e. The SMILES string of the molecule is Cc1ccccc1[C@@H](NC(=O)c1cccc(S(=O)(=O)N(C)c2ccccc2)c1)C(C)C. The molecule has 162 valence electrons. The molecule has 0 aliphatic rings. The molecule has 1 amide bonds. The van der Waals surface area contributed by atoms with Crippen molar-refractivity contribution in [3.63, 3.8) is 0 Å². The molecule has 1 atom stereocenters. The third-order valence-electron chi connectivity index (χ3n) is 5.35. The zero-order chi connectivity index (χ0) is 22.6. The van der Waals surface area contributed by atoms with E-state index in [4.69, 9.17) is 0 Å². The van der Waals surface area contributed by atoms with Gasteiger partial charge in [-0.15, -0.1) is 0 Å². The van der Waals surface area contributed by atoms with Gasteiger partial charge in [0.05, 0.1) is 16.6 Å². The minimum Gasteiger partial charge on any atom is -0.345 e. The maximum absolute atomic E-state index is 13.1. The van der Waals surface area contributed by atoms with Gasteiger partial charge in [0.2, 0.25) is 0 Å². The third kappa shape index (κ3) is 4.97. The lowest BCUT2D eigenvalue weighted by atomic mass is 9.92. The molecule has 3 aromatic carbocycles. The van der Waals surface area contributed by atoms with E-state index in [9.17, 15) is 13.2 Å². The minimum absolute atomic E-state index is 0.0727. The van der Waals surface area contributed by atoms with Gasteiger partial charge in [-0.1, -0.05) is 62.4 Å². The van der Waals surface area contributed by atoms with Crippen LogP contribution in [0.2, 0.25) is 0 Å². The Morgan fingerprint density at radius 3 is 2.19 bits per heavy atom. The molecule has 3 rings (SSSR count). The van der Waals surface area contributed by atoms with Crippen molar-refractivity contribution in [2.45, 2.75) is 31.7 Å². The van der Waals surface area contributed by atoms with Gasteiger partial charge in [0.25, 0.3) is 15.9 Å². The molecular formula is C25H28N2O3S. The molecule has 0 saturated carbocycles. The first-order valence-corrected chi connectivity index (χ1v) is 11.7. The number of anilines is 1. The summed E-state index contributed by atoms with van der Waals surface area (Å²) in [6.07, 6.45) is 0. The van der Waals surface area contributed by atoms with Crippen molar-refractivity contribution in [2.24, 2.45) is 5.92 Å². The number of hydrogen-bond donors (Lipinski definition) is 1. The van der Waals surface area contributed by atoms with Crippen LogP contribution in [0, 0.1) is 12.8 Å². The van der Waals surface area contributed by atoms with Crippen molar-refractivity contribution in [2.75, 3.05) is 11.4 Å². The molecule has 0 radical (unpaired) electrons. The van der Waals surface area contributed by atoms with Crippen LogP contribution < -0.4 is 9.62 Å². The quantitative estimate of drug-likeness (QED) is 0.570. The highest BCUT2D eigenvalue weighted by Gasteiger charge is 2.24. The number of carbonyl (C=O) groups excluding carboxylic acids is 1. The van der Waals surface area contributed by atoms with Crippen molar-refractivity contribution < 1.29 is 13.2 Å². The summed E-state index contributed by atoms with van der Waals surface area (Å²) < 4.78 is 27.4. The Hall–Kier alpha value is -3.12. The summed E-state index contributed by atoms with van der Waals surface area (Å²) in [5.74, 6) is -0.137. The van der Waals surface area contributed by atoms with Crippen molar-refractivity contribution in [1.29, 1.82) is 0 Å². The highest BCUT2D eigenvalue weighted by molar-refractivity contribution is 7.92. The summed E-state index contributed by atoms with van der Waals surface area (Å²) in [6.45, 7) is 6.11. The Balaban J connectivity index is 1.88. The summed E-state index contributed by atoms with van der Waals surface area (Å²) in [5.41, 5.74) is 3.01. The molecule has 0 heterocycles. The van der Waals surface area contributed by atoms with E-state index in [0.29, 0.717) is 11.3 Å². The Bertz CT molecular complexity index is 1160. The van der Waals surface area contributed by atoms with Crippen LogP contribution in [0.15, 0.2) is 83.8 Å².